The minimum Gasteiger partial charge on any atom is -0.508 e. The zero-order valence-electron chi connectivity index (χ0n) is 16.2. The van der Waals surface area contributed by atoms with Crippen LogP contribution in [0.4, 0.5) is 0 Å². The highest BCUT2D eigenvalue weighted by Gasteiger charge is 2.25. The van der Waals surface area contributed by atoms with Crippen LogP contribution in [0.1, 0.15) is 28.4 Å². The number of phenolic OH excluding ortho intramolecular Hbond substituents is 1. The molecule has 29 heavy (non-hydrogen) atoms. The van der Waals surface area contributed by atoms with Gasteiger partial charge in [-0.1, -0.05) is 66.7 Å². The van der Waals surface area contributed by atoms with E-state index in [1.54, 1.807) is 17.9 Å². The van der Waals surface area contributed by atoms with E-state index in [9.17, 15) is 14.7 Å². The Kier molecular flexibility index (Phi) is 6.63. The number of benzene rings is 3. The maximum atomic E-state index is 13.1. The topological polar surface area (TPSA) is 66.8 Å². The zero-order chi connectivity index (χ0) is 20.6. The van der Waals surface area contributed by atoms with Gasteiger partial charge in [-0.3, -0.25) is 4.79 Å². The van der Waals surface area contributed by atoms with Gasteiger partial charge in [-0.2, -0.15) is 0 Å². The van der Waals surface area contributed by atoms with Crippen LogP contribution in [0.2, 0.25) is 0 Å². The Morgan fingerprint density at radius 3 is 1.93 bits per heavy atom. The van der Waals surface area contributed by atoms with Crippen molar-refractivity contribution in [2.45, 2.75) is 26.1 Å². The van der Waals surface area contributed by atoms with Crippen LogP contribution in [0, 0.1) is 0 Å². The van der Waals surface area contributed by atoms with Crippen LogP contribution in [0.15, 0.2) is 84.9 Å². The van der Waals surface area contributed by atoms with Crippen LogP contribution in [0.5, 0.6) is 5.75 Å². The molecule has 3 aromatic rings. The quantitative estimate of drug-likeness (QED) is 0.616. The van der Waals surface area contributed by atoms with Gasteiger partial charge in [0.1, 0.15) is 5.75 Å². The molecule has 3 aromatic carbocycles. The van der Waals surface area contributed by atoms with Gasteiger partial charge in [-0.15, -0.1) is 0 Å². The number of phenols is 1. The molecule has 3 rings (SSSR count). The number of aromatic hydroxyl groups is 1. The largest absolute Gasteiger partial charge is 0.508 e. The fourth-order valence-corrected chi connectivity index (χ4v) is 2.99. The average molecular weight is 389 g/mol. The van der Waals surface area contributed by atoms with Crippen molar-refractivity contribution < 1.29 is 19.4 Å². The minimum atomic E-state index is -0.961. The second-order valence-corrected chi connectivity index (χ2v) is 6.76. The molecule has 0 heterocycles. The molecule has 0 spiro atoms. The molecule has 0 radical (unpaired) electrons. The molecule has 0 bridgehead atoms. The molecule has 0 aliphatic heterocycles. The third-order valence-electron chi connectivity index (χ3n) is 4.46. The molecule has 0 aliphatic carbocycles. The van der Waals surface area contributed by atoms with Crippen LogP contribution in [-0.2, 0) is 22.6 Å². The van der Waals surface area contributed by atoms with E-state index in [0.29, 0.717) is 13.1 Å². The molecule has 1 N–H and O–H groups in total. The van der Waals surface area contributed by atoms with E-state index in [2.05, 4.69) is 0 Å². The third-order valence-corrected chi connectivity index (χ3v) is 4.46. The van der Waals surface area contributed by atoms with Gasteiger partial charge < -0.3 is 14.7 Å². The van der Waals surface area contributed by atoms with E-state index >= 15 is 0 Å². The summed E-state index contributed by atoms with van der Waals surface area (Å²) >= 11 is 0. The number of esters is 1. The van der Waals surface area contributed by atoms with Crippen molar-refractivity contribution in [3.05, 3.63) is 102 Å². The van der Waals surface area contributed by atoms with E-state index < -0.39 is 12.1 Å². The van der Waals surface area contributed by atoms with E-state index in [1.807, 2.05) is 60.7 Å². The summed E-state index contributed by atoms with van der Waals surface area (Å²) in [6, 6.07) is 25.2. The van der Waals surface area contributed by atoms with Crippen LogP contribution < -0.4 is 0 Å². The van der Waals surface area contributed by atoms with Crippen LogP contribution in [0.25, 0.3) is 0 Å². The monoisotopic (exact) mass is 389 g/mol. The fraction of sp³-hybridized carbons (Fsp3) is 0.167. The lowest BCUT2D eigenvalue weighted by Gasteiger charge is -2.26. The standard InChI is InChI=1S/C24H23NO4/c1-18(29-24(28)21-13-8-14-22(26)15-21)23(27)25(16-19-9-4-2-5-10-19)17-20-11-6-3-7-12-20/h2-15,18,26H,16-17H2,1H3. The second-order valence-electron chi connectivity index (χ2n) is 6.76. The molecular formula is C24H23NO4. The Hall–Kier alpha value is -3.60. The van der Waals surface area contributed by atoms with Crippen LogP contribution in [0.3, 0.4) is 0 Å². The summed E-state index contributed by atoms with van der Waals surface area (Å²) in [6.45, 7) is 2.37. The fourth-order valence-electron chi connectivity index (χ4n) is 2.99. The first-order valence-electron chi connectivity index (χ1n) is 9.39. The Labute approximate surface area is 170 Å². The number of ether oxygens (including phenoxy) is 1. The summed E-state index contributed by atoms with van der Waals surface area (Å²) in [4.78, 5) is 27.1. The first kappa shape index (κ1) is 20.1. The van der Waals surface area contributed by atoms with Gasteiger partial charge in [0.2, 0.25) is 0 Å². The van der Waals surface area contributed by atoms with Crippen molar-refractivity contribution >= 4 is 11.9 Å². The summed E-state index contributed by atoms with van der Waals surface area (Å²) < 4.78 is 5.37. The molecule has 148 valence electrons. The van der Waals surface area contributed by atoms with Crippen molar-refractivity contribution in [1.29, 1.82) is 0 Å². The maximum Gasteiger partial charge on any atom is 0.339 e. The predicted molar refractivity (Wildman–Crippen MR) is 110 cm³/mol. The summed E-state index contributed by atoms with van der Waals surface area (Å²) in [5, 5.41) is 9.54. The first-order chi connectivity index (χ1) is 14.0. The SMILES string of the molecule is CC(OC(=O)c1cccc(O)c1)C(=O)N(Cc1ccccc1)Cc1ccccc1. The molecule has 1 amide bonds. The van der Waals surface area contributed by atoms with Crippen molar-refractivity contribution in [3.8, 4) is 5.75 Å². The Morgan fingerprint density at radius 2 is 1.41 bits per heavy atom. The summed E-state index contributed by atoms with van der Waals surface area (Å²) in [5.41, 5.74) is 2.17. The first-order valence-corrected chi connectivity index (χ1v) is 9.39. The lowest BCUT2D eigenvalue weighted by atomic mass is 10.1. The highest BCUT2D eigenvalue weighted by atomic mass is 16.5. The smallest absolute Gasteiger partial charge is 0.339 e. The molecule has 5 heteroatoms. The summed E-state index contributed by atoms with van der Waals surface area (Å²) in [5.74, 6) is -0.972. The van der Waals surface area contributed by atoms with E-state index in [4.69, 9.17) is 4.74 Å². The third kappa shape index (κ3) is 5.69. The van der Waals surface area contributed by atoms with Gasteiger partial charge in [0, 0.05) is 13.1 Å². The predicted octanol–water partition coefficient (Wildman–Crippen LogP) is 4.17. The highest BCUT2D eigenvalue weighted by Crippen LogP contribution is 2.16. The molecule has 0 fully saturated rings. The average Bonchev–Trinajstić information content (AvgIpc) is 2.74. The van der Waals surface area contributed by atoms with Gasteiger partial charge in [-0.25, -0.2) is 4.79 Å². The number of hydrogen-bond donors (Lipinski definition) is 1. The molecule has 5 nitrogen and oxygen atoms in total. The Balaban J connectivity index is 1.74. The van der Waals surface area contributed by atoms with Crippen molar-refractivity contribution in [2.24, 2.45) is 0 Å². The van der Waals surface area contributed by atoms with Crippen molar-refractivity contribution in [3.63, 3.8) is 0 Å². The van der Waals surface area contributed by atoms with E-state index in [0.717, 1.165) is 11.1 Å². The normalized spacial score (nSPS) is 11.5. The molecule has 0 aliphatic rings. The van der Waals surface area contributed by atoms with Gasteiger partial charge in [0.15, 0.2) is 6.10 Å². The van der Waals surface area contributed by atoms with Gasteiger partial charge in [0.05, 0.1) is 5.56 Å². The number of carbonyl (C=O) groups excluding carboxylic acids is 2. The minimum absolute atomic E-state index is 0.0341. The van der Waals surface area contributed by atoms with Crippen molar-refractivity contribution in [2.75, 3.05) is 0 Å². The zero-order valence-corrected chi connectivity index (χ0v) is 16.2. The number of nitrogens with zero attached hydrogens (tertiary/aromatic N) is 1. The molecule has 1 unspecified atom stereocenters. The number of hydrogen-bond acceptors (Lipinski definition) is 4. The lowest BCUT2D eigenvalue weighted by Crippen LogP contribution is -2.39. The maximum absolute atomic E-state index is 13.1. The Bertz CT molecular complexity index is 915. The van der Waals surface area contributed by atoms with Gasteiger partial charge >= 0.3 is 5.97 Å². The second kappa shape index (κ2) is 9.55. The van der Waals surface area contributed by atoms with Gasteiger partial charge in [-0.05, 0) is 36.2 Å². The molecule has 1 atom stereocenters. The van der Waals surface area contributed by atoms with E-state index in [-0.39, 0.29) is 17.2 Å². The number of carbonyl (C=O) groups is 2. The highest BCUT2D eigenvalue weighted by molar-refractivity contribution is 5.92. The molecule has 0 aromatic heterocycles. The molecule has 0 saturated carbocycles. The van der Waals surface area contributed by atoms with E-state index in [1.165, 1.54) is 18.2 Å². The van der Waals surface area contributed by atoms with Crippen LogP contribution in [-0.4, -0.2) is 28.0 Å². The van der Waals surface area contributed by atoms with Crippen molar-refractivity contribution in [1.82, 2.24) is 4.90 Å². The number of amides is 1. The van der Waals surface area contributed by atoms with Crippen LogP contribution >= 0.6 is 0 Å². The number of rotatable bonds is 7. The molecular weight excluding hydrogens is 366 g/mol. The lowest BCUT2D eigenvalue weighted by molar-refractivity contribution is -0.141. The molecule has 0 saturated heterocycles. The summed E-state index contributed by atoms with van der Waals surface area (Å²) in [7, 11) is 0. The van der Waals surface area contributed by atoms with Gasteiger partial charge in [0.25, 0.3) is 5.91 Å². The Morgan fingerprint density at radius 1 is 0.862 bits per heavy atom. The summed E-state index contributed by atoms with van der Waals surface area (Å²) in [6.07, 6.45) is -0.961.